The third kappa shape index (κ3) is 2.41. The quantitative estimate of drug-likeness (QED) is 0.881. The van der Waals surface area contributed by atoms with Gasteiger partial charge in [-0.2, -0.15) is 0 Å². The molecule has 3 heteroatoms. The maximum atomic E-state index is 13.2. The molecule has 1 aromatic heterocycles. The highest BCUT2D eigenvalue weighted by Gasteiger charge is 2.14. The zero-order valence-electron chi connectivity index (χ0n) is 10.7. The van der Waals surface area contributed by atoms with Crippen LogP contribution in [0.15, 0.2) is 30.3 Å². The van der Waals surface area contributed by atoms with E-state index in [0.29, 0.717) is 11.1 Å². The fourth-order valence-electron chi connectivity index (χ4n) is 2.00. The largest absolute Gasteiger partial charge is 0.384 e. The topological polar surface area (TPSA) is 33.1 Å². The molecule has 2 aromatic rings. The van der Waals surface area contributed by atoms with Crippen LogP contribution in [-0.2, 0) is 0 Å². The van der Waals surface area contributed by atoms with E-state index in [1.807, 2.05) is 26.0 Å². The summed E-state index contributed by atoms with van der Waals surface area (Å²) in [4.78, 5) is 4.33. The van der Waals surface area contributed by atoms with Crippen molar-refractivity contribution < 1.29 is 9.50 Å². The maximum Gasteiger partial charge on any atom is 0.126 e. The van der Waals surface area contributed by atoms with Crippen LogP contribution in [-0.4, -0.2) is 10.1 Å². The van der Waals surface area contributed by atoms with E-state index in [2.05, 4.69) is 4.98 Å². The first-order valence-electron chi connectivity index (χ1n) is 5.87. The van der Waals surface area contributed by atoms with Crippen molar-refractivity contribution in [3.05, 3.63) is 64.2 Å². The van der Waals surface area contributed by atoms with E-state index in [-0.39, 0.29) is 5.82 Å². The van der Waals surface area contributed by atoms with Crippen LogP contribution < -0.4 is 0 Å². The molecule has 0 saturated heterocycles. The zero-order valence-corrected chi connectivity index (χ0v) is 10.7. The Morgan fingerprint density at radius 3 is 2.44 bits per heavy atom. The van der Waals surface area contributed by atoms with Crippen molar-refractivity contribution in [1.82, 2.24) is 4.98 Å². The van der Waals surface area contributed by atoms with Gasteiger partial charge in [-0.3, -0.25) is 4.98 Å². The van der Waals surface area contributed by atoms with Crippen LogP contribution in [0.25, 0.3) is 0 Å². The van der Waals surface area contributed by atoms with Crippen LogP contribution in [0.1, 0.15) is 34.2 Å². The lowest BCUT2D eigenvalue weighted by Crippen LogP contribution is -2.04. The van der Waals surface area contributed by atoms with Gasteiger partial charge in [-0.25, -0.2) is 4.39 Å². The highest BCUT2D eigenvalue weighted by molar-refractivity contribution is 5.35. The molecule has 0 radical (unpaired) electrons. The van der Waals surface area contributed by atoms with Gasteiger partial charge in [-0.05, 0) is 44.0 Å². The van der Waals surface area contributed by atoms with Crippen LogP contribution in [0.4, 0.5) is 4.39 Å². The van der Waals surface area contributed by atoms with E-state index in [1.54, 1.807) is 19.1 Å². The third-order valence-corrected chi connectivity index (χ3v) is 3.06. The Morgan fingerprint density at radius 1 is 1.11 bits per heavy atom. The van der Waals surface area contributed by atoms with Gasteiger partial charge in [0.25, 0.3) is 0 Å². The smallest absolute Gasteiger partial charge is 0.126 e. The number of benzene rings is 1. The molecular weight excluding hydrogens is 229 g/mol. The molecule has 0 aliphatic heterocycles. The zero-order chi connectivity index (χ0) is 13.3. The predicted molar refractivity (Wildman–Crippen MR) is 68.9 cm³/mol. The Morgan fingerprint density at radius 2 is 1.83 bits per heavy atom. The average molecular weight is 245 g/mol. The van der Waals surface area contributed by atoms with E-state index >= 15 is 0 Å². The molecule has 1 heterocycles. The summed E-state index contributed by atoms with van der Waals surface area (Å²) in [7, 11) is 0. The Balaban J connectivity index is 2.41. The van der Waals surface area contributed by atoms with Crippen LogP contribution in [0, 0.1) is 26.6 Å². The van der Waals surface area contributed by atoms with Gasteiger partial charge >= 0.3 is 0 Å². The van der Waals surface area contributed by atoms with Gasteiger partial charge in [0.05, 0.1) is 0 Å². The molecule has 2 rings (SSSR count). The van der Waals surface area contributed by atoms with Crippen molar-refractivity contribution in [2.75, 3.05) is 0 Å². The number of hydrogen-bond donors (Lipinski definition) is 1. The minimum Gasteiger partial charge on any atom is -0.384 e. The van der Waals surface area contributed by atoms with Gasteiger partial charge in [0.2, 0.25) is 0 Å². The minimum atomic E-state index is -0.766. The molecule has 0 spiro atoms. The average Bonchev–Trinajstić information content (AvgIpc) is 2.32. The molecule has 0 amide bonds. The number of aromatic nitrogens is 1. The molecule has 1 N–H and O–H groups in total. The fourth-order valence-corrected chi connectivity index (χ4v) is 2.00. The van der Waals surface area contributed by atoms with Crippen molar-refractivity contribution in [2.24, 2.45) is 0 Å². The highest BCUT2D eigenvalue weighted by Crippen LogP contribution is 2.25. The summed E-state index contributed by atoms with van der Waals surface area (Å²) in [5.74, 6) is -0.260. The lowest BCUT2D eigenvalue weighted by molar-refractivity contribution is 0.219. The Hall–Kier alpha value is -1.74. The van der Waals surface area contributed by atoms with E-state index in [0.717, 1.165) is 17.0 Å². The molecular formula is C15H16FNO. The van der Waals surface area contributed by atoms with Gasteiger partial charge < -0.3 is 5.11 Å². The van der Waals surface area contributed by atoms with E-state index in [1.165, 1.54) is 6.07 Å². The number of halogens is 1. The molecule has 0 aliphatic rings. The molecule has 0 bridgehead atoms. The molecule has 1 atom stereocenters. The molecule has 0 fully saturated rings. The number of rotatable bonds is 2. The lowest BCUT2D eigenvalue weighted by Gasteiger charge is -2.14. The Labute approximate surface area is 106 Å². The molecule has 0 aliphatic carbocycles. The van der Waals surface area contributed by atoms with Crippen LogP contribution in [0.2, 0.25) is 0 Å². The first kappa shape index (κ1) is 12.7. The molecule has 2 nitrogen and oxygen atoms in total. The van der Waals surface area contributed by atoms with Gasteiger partial charge in [0, 0.05) is 17.0 Å². The fraction of sp³-hybridized carbons (Fsp3) is 0.267. The van der Waals surface area contributed by atoms with Gasteiger partial charge in [-0.15, -0.1) is 0 Å². The van der Waals surface area contributed by atoms with Gasteiger partial charge in [-0.1, -0.05) is 18.2 Å². The number of hydrogen-bond acceptors (Lipinski definition) is 2. The summed E-state index contributed by atoms with van der Waals surface area (Å²) < 4.78 is 13.2. The van der Waals surface area contributed by atoms with Crippen molar-refractivity contribution in [2.45, 2.75) is 26.9 Å². The second kappa shape index (κ2) is 4.86. The minimum absolute atomic E-state index is 0.260. The first-order chi connectivity index (χ1) is 8.49. The van der Waals surface area contributed by atoms with E-state index in [4.69, 9.17) is 0 Å². The second-order valence-corrected chi connectivity index (χ2v) is 4.54. The SMILES string of the molecule is Cc1ccc(C(O)c2ccc(F)c(C)c2)c(C)n1. The van der Waals surface area contributed by atoms with Gasteiger partial charge in [0.15, 0.2) is 0 Å². The van der Waals surface area contributed by atoms with E-state index in [9.17, 15) is 9.50 Å². The maximum absolute atomic E-state index is 13.2. The molecule has 0 saturated carbocycles. The van der Waals surface area contributed by atoms with Crippen molar-refractivity contribution in [3.63, 3.8) is 0 Å². The van der Waals surface area contributed by atoms with Crippen molar-refractivity contribution in [1.29, 1.82) is 0 Å². The van der Waals surface area contributed by atoms with Crippen LogP contribution in [0.5, 0.6) is 0 Å². The molecule has 1 aromatic carbocycles. The molecule has 94 valence electrons. The monoisotopic (exact) mass is 245 g/mol. The summed E-state index contributed by atoms with van der Waals surface area (Å²) in [6.07, 6.45) is -0.766. The lowest BCUT2D eigenvalue weighted by atomic mass is 9.98. The molecule has 1 unspecified atom stereocenters. The van der Waals surface area contributed by atoms with E-state index < -0.39 is 6.10 Å². The van der Waals surface area contributed by atoms with Crippen LogP contribution >= 0.6 is 0 Å². The van der Waals surface area contributed by atoms with Crippen LogP contribution in [0.3, 0.4) is 0 Å². The van der Waals surface area contributed by atoms with Gasteiger partial charge in [0.1, 0.15) is 11.9 Å². The normalized spacial score (nSPS) is 12.5. The summed E-state index contributed by atoms with van der Waals surface area (Å²) >= 11 is 0. The summed E-state index contributed by atoms with van der Waals surface area (Å²) in [5.41, 5.74) is 3.68. The third-order valence-electron chi connectivity index (χ3n) is 3.06. The molecule has 18 heavy (non-hydrogen) atoms. The highest BCUT2D eigenvalue weighted by atomic mass is 19.1. The number of aliphatic hydroxyl groups is 1. The van der Waals surface area contributed by atoms with Crippen molar-refractivity contribution >= 4 is 0 Å². The Kier molecular flexibility index (Phi) is 3.43. The summed E-state index contributed by atoms with van der Waals surface area (Å²) in [6, 6.07) is 8.37. The number of aryl methyl sites for hydroxylation is 3. The summed E-state index contributed by atoms with van der Waals surface area (Å²) in [5, 5.41) is 10.3. The second-order valence-electron chi connectivity index (χ2n) is 4.54. The predicted octanol–water partition coefficient (Wildman–Crippen LogP) is 3.23. The Bertz CT molecular complexity index is 581. The summed E-state index contributed by atoms with van der Waals surface area (Å²) in [6.45, 7) is 5.46. The number of aliphatic hydroxyl groups excluding tert-OH is 1. The standard InChI is InChI=1S/C15H16FNO/c1-9-8-12(5-7-14(9)16)15(18)13-6-4-10(2)17-11(13)3/h4-8,15,18H,1-3H3. The number of nitrogens with zero attached hydrogens (tertiary/aromatic N) is 1. The number of pyridine rings is 1. The first-order valence-corrected chi connectivity index (χ1v) is 5.87. The van der Waals surface area contributed by atoms with Crippen molar-refractivity contribution in [3.8, 4) is 0 Å².